The zero-order chi connectivity index (χ0) is 15.3. The van der Waals surface area contributed by atoms with Crippen molar-refractivity contribution in [3.63, 3.8) is 0 Å². The lowest BCUT2D eigenvalue weighted by molar-refractivity contribution is -0.121. The SMILES string of the molecule is CCNC(=O)CN(CC)S(=O)(=O)c1cc(C(=O)O)cs1. The zero-order valence-corrected chi connectivity index (χ0v) is 12.8. The number of sulfonamides is 1. The molecular formula is C11H16N2O5S2. The third kappa shape index (κ3) is 3.78. The molecule has 1 aromatic rings. The van der Waals surface area contributed by atoms with Crippen LogP contribution in [0.25, 0.3) is 0 Å². The molecule has 0 aromatic carbocycles. The maximum atomic E-state index is 12.3. The predicted octanol–water partition coefficient (Wildman–Crippen LogP) is 0.593. The van der Waals surface area contributed by atoms with Gasteiger partial charge in [-0.25, -0.2) is 13.2 Å². The highest BCUT2D eigenvalue weighted by Crippen LogP contribution is 2.23. The van der Waals surface area contributed by atoms with Crippen LogP contribution >= 0.6 is 11.3 Å². The molecule has 0 atom stereocenters. The Balaban J connectivity index is 2.99. The number of nitrogens with zero attached hydrogens (tertiary/aromatic N) is 1. The van der Waals surface area contributed by atoms with Crippen LogP contribution in [0.3, 0.4) is 0 Å². The maximum absolute atomic E-state index is 12.3. The fraction of sp³-hybridized carbons (Fsp3) is 0.455. The normalized spacial score (nSPS) is 11.6. The fourth-order valence-electron chi connectivity index (χ4n) is 1.47. The van der Waals surface area contributed by atoms with E-state index in [2.05, 4.69) is 5.32 Å². The molecule has 0 fully saturated rings. The highest BCUT2D eigenvalue weighted by Gasteiger charge is 2.27. The van der Waals surface area contributed by atoms with E-state index < -0.39 is 21.9 Å². The van der Waals surface area contributed by atoms with Gasteiger partial charge in [0.2, 0.25) is 5.91 Å². The van der Waals surface area contributed by atoms with E-state index in [4.69, 9.17) is 5.11 Å². The van der Waals surface area contributed by atoms with Crippen molar-refractivity contribution in [3.05, 3.63) is 17.0 Å². The zero-order valence-electron chi connectivity index (χ0n) is 11.1. The molecule has 1 heterocycles. The summed E-state index contributed by atoms with van der Waals surface area (Å²) < 4.78 is 25.5. The van der Waals surface area contributed by atoms with Crippen molar-refractivity contribution >= 4 is 33.2 Å². The Morgan fingerprint density at radius 2 is 2.05 bits per heavy atom. The lowest BCUT2D eigenvalue weighted by Gasteiger charge is -2.18. The van der Waals surface area contributed by atoms with Gasteiger partial charge in [0.15, 0.2) is 0 Å². The van der Waals surface area contributed by atoms with Gasteiger partial charge in [0.05, 0.1) is 12.1 Å². The van der Waals surface area contributed by atoms with Crippen LogP contribution in [0.2, 0.25) is 0 Å². The van der Waals surface area contributed by atoms with Crippen molar-refractivity contribution in [2.24, 2.45) is 0 Å². The predicted molar refractivity (Wildman–Crippen MR) is 74.4 cm³/mol. The number of carbonyl (C=O) groups is 2. The average Bonchev–Trinajstić information content (AvgIpc) is 2.86. The van der Waals surface area contributed by atoms with Crippen molar-refractivity contribution in [3.8, 4) is 0 Å². The van der Waals surface area contributed by atoms with Gasteiger partial charge in [-0.3, -0.25) is 4.79 Å². The molecule has 9 heteroatoms. The third-order valence-corrected chi connectivity index (χ3v) is 5.80. The van der Waals surface area contributed by atoms with E-state index in [9.17, 15) is 18.0 Å². The number of aromatic carboxylic acids is 1. The number of rotatable bonds is 7. The van der Waals surface area contributed by atoms with Crippen molar-refractivity contribution in [2.45, 2.75) is 18.1 Å². The molecule has 1 amide bonds. The summed E-state index contributed by atoms with van der Waals surface area (Å²) in [5.41, 5.74) is -0.0809. The summed E-state index contributed by atoms with van der Waals surface area (Å²) in [5.74, 6) is -1.58. The van der Waals surface area contributed by atoms with Crippen LogP contribution in [-0.2, 0) is 14.8 Å². The molecule has 112 valence electrons. The lowest BCUT2D eigenvalue weighted by Crippen LogP contribution is -2.40. The summed E-state index contributed by atoms with van der Waals surface area (Å²) >= 11 is 0.827. The highest BCUT2D eigenvalue weighted by molar-refractivity contribution is 7.91. The molecule has 7 nitrogen and oxygen atoms in total. The smallest absolute Gasteiger partial charge is 0.336 e. The second-order valence-corrected chi connectivity index (χ2v) is 6.92. The monoisotopic (exact) mass is 320 g/mol. The first kappa shape index (κ1) is 16.6. The second-order valence-electron chi connectivity index (χ2n) is 3.84. The minimum atomic E-state index is -3.85. The number of hydrogen-bond acceptors (Lipinski definition) is 5. The van der Waals surface area contributed by atoms with Crippen molar-refractivity contribution in [1.29, 1.82) is 0 Å². The Labute approximate surface area is 121 Å². The first-order chi connectivity index (χ1) is 9.32. The Kier molecular flexibility index (Phi) is 5.66. The molecule has 0 aliphatic carbocycles. The second kappa shape index (κ2) is 6.82. The largest absolute Gasteiger partial charge is 0.478 e. The Morgan fingerprint density at radius 1 is 1.40 bits per heavy atom. The summed E-state index contributed by atoms with van der Waals surface area (Å²) in [5, 5.41) is 12.6. The number of carbonyl (C=O) groups excluding carboxylic acids is 1. The molecule has 1 aromatic heterocycles. The van der Waals surface area contributed by atoms with Gasteiger partial charge in [-0.2, -0.15) is 4.31 Å². The lowest BCUT2D eigenvalue weighted by atomic mass is 10.4. The molecule has 2 N–H and O–H groups in total. The quantitative estimate of drug-likeness (QED) is 0.765. The minimum absolute atomic E-state index is 0.0809. The molecule has 0 spiro atoms. The van der Waals surface area contributed by atoms with Crippen LogP contribution in [0.1, 0.15) is 24.2 Å². The topological polar surface area (TPSA) is 104 Å². The number of amides is 1. The van der Waals surface area contributed by atoms with Crippen molar-refractivity contribution in [1.82, 2.24) is 9.62 Å². The number of likely N-dealkylation sites (N-methyl/N-ethyl adjacent to an activating group) is 2. The number of hydrogen-bond donors (Lipinski definition) is 2. The molecule has 0 unspecified atom stereocenters. The van der Waals surface area contributed by atoms with Crippen LogP contribution < -0.4 is 5.32 Å². The van der Waals surface area contributed by atoms with Gasteiger partial charge >= 0.3 is 5.97 Å². The Morgan fingerprint density at radius 3 is 2.50 bits per heavy atom. The van der Waals surface area contributed by atoms with Crippen LogP contribution in [0, 0.1) is 0 Å². The first-order valence-corrected chi connectivity index (χ1v) is 8.23. The molecule has 1 rings (SSSR count). The van der Waals surface area contributed by atoms with Crippen LogP contribution in [-0.4, -0.2) is 49.3 Å². The van der Waals surface area contributed by atoms with E-state index >= 15 is 0 Å². The summed E-state index contributed by atoms with van der Waals surface area (Å²) in [4.78, 5) is 22.3. The van der Waals surface area contributed by atoms with E-state index in [1.54, 1.807) is 13.8 Å². The van der Waals surface area contributed by atoms with Crippen LogP contribution in [0.4, 0.5) is 0 Å². The van der Waals surface area contributed by atoms with Gasteiger partial charge in [0, 0.05) is 18.5 Å². The first-order valence-electron chi connectivity index (χ1n) is 5.91. The Bertz CT molecular complexity index is 594. The van der Waals surface area contributed by atoms with E-state index in [0.29, 0.717) is 6.54 Å². The van der Waals surface area contributed by atoms with Gasteiger partial charge in [-0.15, -0.1) is 11.3 Å². The molecule has 20 heavy (non-hydrogen) atoms. The summed E-state index contributed by atoms with van der Waals surface area (Å²) in [6.45, 7) is 3.61. The standard InChI is InChI=1S/C11H16N2O5S2/c1-3-12-9(14)6-13(4-2)20(17,18)10-5-8(7-19-10)11(15)16/h5,7H,3-4,6H2,1-2H3,(H,12,14)(H,15,16). The molecule has 0 aliphatic rings. The molecule has 0 aliphatic heterocycles. The van der Waals surface area contributed by atoms with Crippen molar-refractivity contribution < 1.29 is 23.1 Å². The average molecular weight is 320 g/mol. The summed E-state index contributed by atoms with van der Waals surface area (Å²) in [6, 6.07) is 1.10. The van der Waals surface area contributed by atoms with Gasteiger partial charge in [0.1, 0.15) is 4.21 Å². The van der Waals surface area contributed by atoms with E-state index in [0.717, 1.165) is 21.7 Å². The van der Waals surface area contributed by atoms with Gasteiger partial charge in [-0.05, 0) is 13.0 Å². The highest BCUT2D eigenvalue weighted by atomic mass is 32.2. The Hall–Kier alpha value is -1.45. The summed E-state index contributed by atoms with van der Waals surface area (Å²) in [7, 11) is -3.85. The van der Waals surface area contributed by atoms with Gasteiger partial charge < -0.3 is 10.4 Å². The number of thiophene rings is 1. The molecule has 0 saturated carbocycles. The number of carboxylic acids is 1. The molecule has 0 bridgehead atoms. The maximum Gasteiger partial charge on any atom is 0.336 e. The molecule has 0 radical (unpaired) electrons. The number of carboxylic acid groups (broad SMARTS) is 1. The summed E-state index contributed by atoms with van der Waals surface area (Å²) in [6.07, 6.45) is 0. The van der Waals surface area contributed by atoms with Crippen LogP contribution in [0.5, 0.6) is 0 Å². The van der Waals surface area contributed by atoms with E-state index in [-0.39, 0.29) is 22.9 Å². The molecule has 0 saturated heterocycles. The molecular weight excluding hydrogens is 304 g/mol. The van der Waals surface area contributed by atoms with E-state index in [1.165, 1.54) is 5.38 Å². The van der Waals surface area contributed by atoms with Crippen LogP contribution in [0.15, 0.2) is 15.7 Å². The van der Waals surface area contributed by atoms with Crippen molar-refractivity contribution in [2.75, 3.05) is 19.6 Å². The minimum Gasteiger partial charge on any atom is -0.478 e. The third-order valence-electron chi connectivity index (χ3n) is 2.46. The fourth-order valence-corrected chi connectivity index (χ4v) is 4.18. The number of nitrogens with one attached hydrogen (secondary N) is 1. The van der Waals surface area contributed by atoms with Gasteiger partial charge in [-0.1, -0.05) is 6.92 Å². The van der Waals surface area contributed by atoms with E-state index in [1.807, 2.05) is 0 Å². The van der Waals surface area contributed by atoms with Gasteiger partial charge in [0.25, 0.3) is 10.0 Å².